The molecule has 2 aliphatic rings. The Morgan fingerprint density at radius 1 is 0.346 bits per heavy atom. The molecule has 2 fully saturated rings. The normalized spacial score (nSPS) is 21.7. The van der Waals surface area contributed by atoms with E-state index in [1.54, 1.807) is 6.08 Å². The lowest BCUT2D eigenvalue weighted by Crippen LogP contribution is -2.65. The monoisotopic (exact) mass is 1470 g/mol. The van der Waals surface area contributed by atoms with Crippen LogP contribution >= 0.6 is 0 Å². The van der Waals surface area contributed by atoms with Gasteiger partial charge < -0.3 is 65.1 Å². The van der Waals surface area contributed by atoms with Crippen LogP contribution in [-0.2, 0) is 23.7 Å². The van der Waals surface area contributed by atoms with E-state index in [4.69, 9.17) is 18.9 Å². The van der Waals surface area contributed by atoms with Crippen LogP contribution in [0.15, 0.2) is 60.8 Å². The summed E-state index contributed by atoms with van der Waals surface area (Å²) in [5.41, 5.74) is 0. The van der Waals surface area contributed by atoms with Gasteiger partial charge in [-0.3, -0.25) is 4.79 Å². The van der Waals surface area contributed by atoms with Crippen molar-refractivity contribution in [2.24, 2.45) is 0 Å². The molecule has 0 aliphatic carbocycles. The second kappa shape index (κ2) is 73.5. The van der Waals surface area contributed by atoms with Gasteiger partial charge in [-0.05, 0) is 77.0 Å². The van der Waals surface area contributed by atoms with Crippen LogP contribution in [0.4, 0.5) is 0 Å². The highest BCUT2D eigenvalue weighted by molar-refractivity contribution is 5.76. The Labute approximate surface area is 638 Å². The minimum Gasteiger partial charge on any atom is -0.394 e. The molecule has 0 aromatic heterocycles. The maximum absolute atomic E-state index is 13.4. The molecule has 0 bridgehead atoms. The third-order valence-electron chi connectivity index (χ3n) is 21.7. The van der Waals surface area contributed by atoms with Crippen molar-refractivity contribution in [3.05, 3.63) is 60.8 Å². The van der Waals surface area contributed by atoms with Crippen molar-refractivity contribution < 1.29 is 64.6 Å². The number of carbonyl (C=O) groups is 1. The van der Waals surface area contributed by atoms with E-state index in [0.717, 1.165) is 51.4 Å². The standard InChI is InChI=1S/C90H167NO13/c1-3-5-7-9-11-13-15-17-19-21-23-25-27-29-31-33-35-36-37-38-39-40-41-42-44-46-48-50-52-54-56-58-60-62-64-66-68-70-72-74-82(95)91-78(77-101-89-87(100)85(98)88(81(76-93)103-89)104-90-86(99)84(97)83(96)80(75-92)102-90)79(94)73-71-69-67-65-63-61-59-57-55-53-51-49-47-45-43-34-32-30-28-26-24-22-20-18-16-14-12-10-8-6-4-2/h15,17,21,23,55,57,63,65,71,73,78-81,83-90,92-94,96-100H,3-14,16,18-20,22,24-54,56,58-62,64,66-70,72,74-77H2,1-2H3,(H,91,95)/b17-15-,23-21-,57-55+,65-63+,73-71+. The first-order valence-electron chi connectivity index (χ1n) is 44.5. The molecule has 2 aliphatic heterocycles. The van der Waals surface area contributed by atoms with Gasteiger partial charge in [-0.15, -0.1) is 0 Å². The third kappa shape index (κ3) is 55.1. The lowest BCUT2D eigenvalue weighted by Gasteiger charge is -2.46. The number of hydrogen-bond donors (Lipinski definition) is 9. The van der Waals surface area contributed by atoms with E-state index >= 15 is 0 Å². The SMILES string of the molecule is CCCCCCC/C=C\C/C=C\CCCCCCCCCCCCCCCCCCCCCCCCCCCCCC(=O)NC(COC1OC(CO)C(OC2OC(CO)C(O)C(O)C2O)C(O)C1O)C(O)/C=C/CC/C=C/CC/C=C/CCCCCCCCCCCCCCCCCCCCCCC. The van der Waals surface area contributed by atoms with Crippen molar-refractivity contribution >= 4 is 5.91 Å². The van der Waals surface area contributed by atoms with E-state index in [1.807, 2.05) is 6.08 Å². The van der Waals surface area contributed by atoms with Crippen molar-refractivity contribution in [3.63, 3.8) is 0 Å². The van der Waals surface area contributed by atoms with E-state index < -0.39 is 86.8 Å². The Morgan fingerprint density at radius 2 is 0.644 bits per heavy atom. The fourth-order valence-corrected chi connectivity index (χ4v) is 14.7. The molecule has 1 amide bonds. The number of aliphatic hydroxyl groups excluding tert-OH is 8. The molecular formula is C90H167NO13. The average molecular weight is 1470 g/mol. The first kappa shape index (κ1) is 97.8. The molecule has 12 unspecified atom stereocenters. The average Bonchev–Trinajstić information content (AvgIpc) is 0.791. The summed E-state index contributed by atoms with van der Waals surface area (Å²) in [5, 5.41) is 87.8. The first-order valence-corrected chi connectivity index (χ1v) is 44.5. The van der Waals surface area contributed by atoms with Gasteiger partial charge in [0.25, 0.3) is 0 Å². The Hall–Kier alpha value is -2.31. The van der Waals surface area contributed by atoms with Crippen LogP contribution in [0.5, 0.6) is 0 Å². The molecule has 12 atom stereocenters. The fourth-order valence-electron chi connectivity index (χ4n) is 14.7. The van der Waals surface area contributed by atoms with Gasteiger partial charge in [0.2, 0.25) is 5.91 Å². The van der Waals surface area contributed by atoms with Gasteiger partial charge in [-0.25, -0.2) is 0 Å². The Morgan fingerprint density at radius 3 is 1.00 bits per heavy atom. The topological polar surface area (TPSA) is 228 Å². The number of rotatable bonds is 76. The van der Waals surface area contributed by atoms with Gasteiger partial charge in [0.1, 0.15) is 48.8 Å². The molecule has 2 heterocycles. The van der Waals surface area contributed by atoms with Crippen LogP contribution in [0.3, 0.4) is 0 Å². The van der Waals surface area contributed by atoms with Crippen molar-refractivity contribution in [2.75, 3.05) is 19.8 Å². The minimum atomic E-state index is -1.79. The number of carbonyl (C=O) groups excluding carboxylic acids is 1. The van der Waals surface area contributed by atoms with Gasteiger partial charge >= 0.3 is 0 Å². The molecule has 610 valence electrons. The molecule has 14 heteroatoms. The molecule has 0 saturated carbocycles. The maximum Gasteiger partial charge on any atom is 0.220 e. The number of nitrogens with one attached hydrogen (secondary N) is 1. The summed E-state index contributed by atoms with van der Waals surface area (Å²) in [6, 6.07) is -0.941. The number of amides is 1. The van der Waals surface area contributed by atoms with E-state index in [9.17, 15) is 45.6 Å². The van der Waals surface area contributed by atoms with E-state index in [1.165, 1.54) is 327 Å². The van der Waals surface area contributed by atoms with Crippen LogP contribution in [0, 0.1) is 0 Å². The van der Waals surface area contributed by atoms with E-state index in [-0.39, 0.29) is 18.9 Å². The summed E-state index contributed by atoms with van der Waals surface area (Å²) in [5.74, 6) is -0.246. The Bertz CT molecular complexity index is 1980. The van der Waals surface area contributed by atoms with Gasteiger partial charge in [-0.1, -0.05) is 389 Å². The second-order valence-electron chi connectivity index (χ2n) is 31.4. The highest BCUT2D eigenvalue weighted by Crippen LogP contribution is 2.31. The molecule has 14 nitrogen and oxygen atoms in total. The Kier molecular flexibility index (Phi) is 69.1. The predicted octanol–water partition coefficient (Wildman–Crippen LogP) is 21.5. The van der Waals surface area contributed by atoms with E-state index in [2.05, 4.69) is 67.8 Å². The van der Waals surface area contributed by atoms with Crippen molar-refractivity contribution in [1.29, 1.82) is 0 Å². The van der Waals surface area contributed by atoms with Crippen LogP contribution < -0.4 is 5.32 Å². The van der Waals surface area contributed by atoms with Gasteiger partial charge in [0.05, 0.1) is 32.0 Å². The molecule has 104 heavy (non-hydrogen) atoms. The lowest BCUT2D eigenvalue weighted by molar-refractivity contribution is -0.359. The maximum atomic E-state index is 13.4. The van der Waals surface area contributed by atoms with Crippen molar-refractivity contribution in [1.82, 2.24) is 5.32 Å². The molecule has 0 spiro atoms. The Balaban J connectivity index is 1.58. The zero-order valence-corrected chi connectivity index (χ0v) is 67.3. The smallest absolute Gasteiger partial charge is 0.220 e. The molecule has 2 saturated heterocycles. The molecule has 0 aromatic rings. The molecule has 2 rings (SSSR count). The highest BCUT2D eigenvalue weighted by Gasteiger charge is 2.51. The van der Waals surface area contributed by atoms with Crippen LogP contribution in [0.2, 0.25) is 0 Å². The summed E-state index contributed by atoms with van der Waals surface area (Å²) in [6.45, 7) is 2.83. The first-order chi connectivity index (χ1) is 51.1. The third-order valence-corrected chi connectivity index (χ3v) is 21.7. The molecule has 0 radical (unpaired) electrons. The van der Waals surface area contributed by atoms with Crippen LogP contribution in [0.25, 0.3) is 0 Å². The van der Waals surface area contributed by atoms with Gasteiger partial charge in [0, 0.05) is 6.42 Å². The lowest BCUT2D eigenvalue weighted by atomic mass is 9.97. The molecule has 9 N–H and O–H groups in total. The minimum absolute atomic E-state index is 0.246. The number of aliphatic hydroxyl groups is 8. The number of allylic oxidation sites excluding steroid dienone is 9. The predicted molar refractivity (Wildman–Crippen MR) is 434 cm³/mol. The summed E-state index contributed by atoms with van der Waals surface area (Å²) in [7, 11) is 0. The zero-order valence-electron chi connectivity index (χ0n) is 67.3. The summed E-state index contributed by atoms with van der Waals surface area (Å²) < 4.78 is 22.9. The second-order valence-corrected chi connectivity index (χ2v) is 31.4. The summed E-state index contributed by atoms with van der Waals surface area (Å²) in [4.78, 5) is 13.4. The summed E-state index contributed by atoms with van der Waals surface area (Å²) in [6.07, 6.45) is 84.9. The fraction of sp³-hybridized carbons (Fsp3) is 0.878. The van der Waals surface area contributed by atoms with Gasteiger partial charge in [0.15, 0.2) is 12.6 Å². The molecule has 0 aromatic carbocycles. The number of hydrogen-bond acceptors (Lipinski definition) is 13. The largest absolute Gasteiger partial charge is 0.394 e. The quantitative estimate of drug-likeness (QED) is 0.0204. The van der Waals surface area contributed by atoms with E-state index in [0.29, 0.717) is 12.8 Å². The van der Waals surface area contributed by atoms with Crippen LogP contribution in [0.1, 0.15) is 412 Å². The van der Waals surface area contributed by atoms with Gasteiger partial charge in [-0.2, -0.15) is 0 Å². The molecular weight excluding hydrogens is 1300 g/mol. The van der Waals surface area contributed by atoms with Crippen molar-refractivity contribution in [2.45, 2.75) is 485 Å². The van der Waals surface area contributed by atoms with Crippen molar-refractivity contribution in [3.8, 4) is 0 Å². The number of unbranched alkanes of at least 4 members (excludes halogenated alkanes) is 55. The number of ether oxygens (including phenoxy) is 4. The highest BCUT2D eigenvalue weighted by atomic mass is 16.7. The van der Waals surface area contributed by atoms with Crippen LogP contribution in [-0.4, -0.2) is 140 Å². The summed E-state index contributed by atoms with van der Waals surface area (Å²) >= 11 is 0. The zero-order chi connectivity index (χ0) is 75.1.